The Hall–Kier alpha value is -1.88. The molecule has 0 aliphatic carbocycles. The van der Waals surface area contributed by atoms with Gasteiger partial charge in [-0.15, -0.1) is 0 Å². The molecule has 4 nitrogen and oxygen atoms in total. The van der Waals surface area contributed by atoms with Crippen LogP contribution in [0, 0.1) is 0 Å². The molecule has 1 atom stereocenters. The van der Waals surface area contributed by atoms with Gasteiger partial charge < -0.3 is 19.6 Å². The first-order valence-electron chi connectivity index (χ1n) is 9.84. The van der Waals surface area contributed by atoms with Crippen LogP contribution in [0.3, 0.4) is 0 Å². The Labute approximate surface area is 157 Å². The predicted octanol–water partition coefficient (Wildman–Crippen LogP) is -0.0277. The summed E-state index contributed by atoms with van der Waals surface area (Å²) in [6.45, 7) is 8.94. The standard InChI is InChI=1S/C22H30N2O2/c1-2-19-8-10-22(11-9-19)26-18-21(25)17-24-14-12-23(13-15-24)16-20-6-4-3-5-7-20/h3-11,21,25H,2,12-18H2,1H3/p+2/t21-/m1/s1. The fourth-order valence-electron chi connectivity index (χ4n) is 3.63. The number of rotatable bonds is 8. The van der Waals surface area contributed by atoms with Gasteiger partial charge in [0.05, 0.1) is 0 Å². The number of nitrogens with one attached hydrogen (secondary N) is 2. The van der Waals surface area contributed by atoms with Crippen LogP contribution in [0.5, 0.6) is 5.75 Å². The van der Waals surface area contributed by atoms with Gasteiger partial charge in [0.25, 0.3) is 0 Å². The molecular formula is C22H32N2O2+2. The van der Waals surface area contributed by atoms with E-state index in [2.05, 4.69) is 49.4 Å². The van der Waals surface area contributed by atoms with Gasteiger partial charge in [0, 0.05) is 5.56 Å². The molecule has 140 valence electrons. The van der Waals surface area contributed by atoms with E-state index in [1.54, 1.807) is 4.90 Å². The quantitative estimate of drug-likeness (QED) is 0.622. The van der Waals surface area contributed by atoms with Crippen molar-refractivity contribution in [2.45, 2.75) is 26.0 Å². The minimum Gasteiger partial charge on any atom is -0.491 e. The average Bonchev–Trinajstić information content (AvgIpc) is 2.69. The molecule has 1 aliphatic heterocycles. The molecule has 2 aromatic carbocycles. The second kappa shape index (κ2) is 9.72. The van der Waals surface area contributed by atoms with Gasteiger partial charge in [-0.3, -0.25) is 0 Å². The van der Waals surface area contributed by atoms with Gasteiger partial charge in [-0.1, -0.05) is 49.4 Å². The van der Waals surface area contributed by atoms with Crippen LogP contribution in [-0.4, -0.2) is 50.5 Å². The summed E-state index contributed by atoms with van der Waals surface area (Å²) in [7, 11) is 0. The van der Waals surface area contributed by atoms with Crippen molar-refractivity contribution in [1.29, 1.82) is 0 Å². The Morgan fingerprint density at radius 2 is 1.54 bits per heavy atom. The van der Waals surface area contributed by atoms with Crippen molar-refractivity contribution in [3.05, 3.63) is 65.7 Å². The van der Waals surface area contributed by atoms with E-state index in [9.17, 15) is 5.11 Å². The fraction of sp³-hybridized carbons (Fsp3) is 0.455. The van der Waals surface area contributed by atoms with Gasteiger partial charge >= 0.3 is 0 Å². The third-order valence-electron chi connectivity index (χ3n) is 5.26. The molecule has 0 unspecified atom stereocenters. The Morgan fingerprint density at radius 3 is 2.19 bits per heavy atom. The molecule has 0 amide bonds. The number of aliphatic hydroxyl groups excluding tert-OH is 1. The highest BCUT2D eigenvalue weighted by Crippen LogP contribution is 2.12. The second-order valence-electron chi connectivity index (χ2n) is 7.33. The van der Waals surface area contributed by atoms with Crippen LogP contribution in [0.1, 0.15) is 18.1 Å². The largest absolute Gasteiger partial charge is 0.491 e. The van der Waals surface area contributed by atoms with Crippen LogP contribution in [0.25, 0.3) is 0 Å². The number of ether oxygens (including phenoxy) is 1. The lowest BCUT2D eigenvalue weighted by atomic mass is 10.2. The summed E-state index contributed by atoms with van der Waals surface area (Å²) in [5.41, 5.74) is 2.71. The number of aryl methyl sites for hydroxylation is 1. The number of aliphatic hydroxyl groups is 1. The summed E-state index contributed by atoms with van der Waals surface area (Å²) < 4.78 is 5.74. The molecule has 1 heterocycles. The Bertz CT molecular complexity index is 637. The van der Waals surface area contributed by atoms with Crippen molar-refractivity contribution in [3.63, 3.8) is 0 Å². The van der Waals surface area contributed by atoms with Crippen molar-refractivity contribution in [2.75, 3.05) is 39.3 Å². The molecule has 0 bridgehead atoms. The lowest BCUT2D eigenvalue weighted by Gasteiger charge is -2.30. The van der Waals surface area contributed by atoms with Gasteiger partial charge in [-0.25, -0.2) is 0 Å². The van der Waals surface area contributed by atoms with Gasteiger partial charge in [0.2, 0.25) is 0 Å². The zero-order valence-electron chi connectivity index (χ0n) is 15.8. The molecule has 1 saturated heterocycles. The maximum atomic E-state index is 10.3. The number of piperazine rings is 1. The molecule has 0 spiro atoms. The van der Waals surface area contributed by atoms with Crippen molar-refractivity contribution in [1.82, 2.24) is 0 Å². The minimum atomic E-state index is -0.411. The molecule has 1 aliphatic rings. The van der Waals surface area contributed by atoms with E-state index >= 15 is 0 Å². The predicted molar refractivity (Wildman–Crippen MR) is 104 cm³/mol. The van der Waals surface area contributed by atoms with Gasteiger partial charge in [0.1, 0.15) is 57.7 Å². The number of benzene rings is 2. The van der Waals surface area contributed by atoms with E-state index in [1.165, 1.54) is 16.0 Å². The first kappa shape index (κ1) is 18.9. The van der Waals surface area contributed by atoms with E-state index in [0.717, 1.165) is 51.4 Å². The summed E-state index contributed by atoms with van der Waals surface area (Å²) in [6, 6.07) is 18.9. The fourth-order valence-corrected chi connectivity index (χ4v) is 3.63. The smallest absolute Gasteiger partial charge is 0.137 e. The molecule has 0 saturated carbocycles. The molecule has 26 heavy (non-hydrogen) atoms. The Balaban J connectivity index is 1.35. The first-order chi connectivity index (χ1) is 12.7. The lowest BCUT2D eigenvalue weighted by molar-refractivity contribution is -1.02. The zero-order valence-corrected chi connectivity index (χ0v) is 15.8. The summed E-state index contributed by atoms with van der Waals surface area (Å²) in [5, 5.41) is 10.3. The van der Waals surface area contributed by atoms with E-state index in [4.69, 9.17) is 4.74 Å². The molecule has 2 aromatic rings. The molecular weight excluding hydrogens is 324 g/mol. The van der Waals surface area contributed by atoms with E-state index in [-0.39, 0.29) is 0 Å². The van der Waals surface area contributed by atoms with Crippen LogP contribution >= 0.6 is 0 Å². The maximum Gasteiger partial charge on any atom is 0.137 e. The molecule has 0 radical (unpaired) electrons. The summed E-state index contributed by atoms with van der Waals surface area (Å²) in [6.07, 6.45) is 0.622. The van der Waals surface area contributed by atoms with Crippen molar-refractivity contribution in [2.24, 2.45) is 0 Å². The third-order valence-corrected chi connectivity index (χ3v) is 5.26. The SMILES string of the molecule is CCc1ccc(OC[C@H](O)C[NH+]2CC[NH+](Cc3ccccc3)CC2)cc1. The van der Waals surface area contributed by atoms with Gasteiger partial charge in [-0.2, -0.15) is 0 Å². The third kappa shape index (κ3) is 5.84. The highest BCUT2D eigenvalue weighted by atomic mass is 16.5. The van der Waals surface area contributed by atoms with Crippen molar-refractivity contribution < 1.29 is 19.6 Å². The minimum absolute atomic E-state index is 0.371. The first-order valence-corrected chi connectivity index (χ1v) is 9.84. The Morgan fingerprint density at radius 1 is 0.885 bits per heavy atom. The monoisotopic (exact) mass is 356 g/mol. The average molecular weight is 357 g/mol. The summed E-state index contributed by atoms with van der Waals surface area (Å²) in [5.74, 6) is 0.841. The van der Waals surface area contributed by atoms with Crippen LogP contribution < -0.4 is 14.5 Å². The highest BCUT2D eigenvalue weighted by Gasteiger charge is 2.25. The molecule has 4 heteroatoms. The normalized spacial score (nSPS) is 21.3. The van der Waals surface area contributed by atoms with Crippen LogP contribution in [-0.2, 0) is 13.0 Å². The second-order valence-corrected chi connectivity index (χ2v) is 7.33. The summed E-state index contributed by atoms with van der Waals surface area (Å²) >= 11 is 0. The molecule has 1 fully saturated rings. The summed E-state index contributed by atoms with van der Waals surface area (Å²) in [4.78, 5) is 3.13. The van der Waals surface area contributed by atoms with Gasteiger partial charge in [-0.05, 0) is 24.1 Å². The van der Waals surface area contributed by atoms with E-state index in [1.807, 2.05) is 12.1 Å². The van der Waals surface area contributed by atoms with Crippen LogP contribution in [0.15, 0.2) is 54.6 Å². The van der Waals surface area contributed by atoms with E-state index < -0.39 is 6.10 Å². The Kier molecular flexibility index (Phi) is 7.06. The maximum absolute atomic E-state index is 10.3. The highest BCUT2D eigenvalue weighted by molar-refractivity contribution is 5.27. The topological polar surface area (TPSA) is 38.3 Å². The van der Waals surface area contributed by atoms with Crippen LogP contribution in [0.2, 0.25) is 0 Å². The van der Waals surface area contributed by atoms with Gasteiger partial charge in [0.15, 0.2) is 0 Å². The van der Waals surface area contributed by atoms with Crippen molar-refractivity contribution in [3.8, 4) is 5.75 Å². The van der Waals surface area contributed by atoms with E-state index in [0.29, 0.717) is 6.61 Å². The molecule has 0 aromatic heterocycles. The molecule has 3 rings (SSSR count). The number of hydrogen-bond donors (Lipinski definition) is 3. The number of quaternary nitrogens is 2. The van der Waals surface area contributed by atoms with Crippen molar-refractivity contribution >= 4 is 0 Å². The number of hydrogen-bond acceptors (Lipinski definition) is 2. The lowest BCUT2D eigenvalue weighted by Crippen LogP contribution is -3.28. The van der Waals surface area contributed by atoms with Crippen LogP contribution in [0.4, 0.5) is 0 Å². The zero-order chi connectivity index (χ0) is 18.2. The molecule has 3 N–H and O–H groups in total.